The van der Waals surface area contributed by atoms with Crippen molar-refractivity contribution < 1.29 is 14.0 Å². The van der Waals surface area contributed by atoms with Gasteiger partial charge in [-0.25, -0.2) is 0 Å². The smallest absolute Gasteiger partial charge is 0.310 e. The Balaban J connectivity index is 4.72. The predicted molar refractivity (Wildman–Crippen MR) is 73.5 cm³/mol. The highest BCUT2D eigenvalue weighted by atomic mass is 28.4. The molecular weight excluding hydrogens is 232 g/mol. The number of rotatable bonds is 8. The molecule has 0 aliphatic heterocycles. The van der Waals surface area contributed by atoms with Crippen LogP contribution in [0.1, 0.15) is 41.0 Å². The van der Waals surface area contributed by atoms with Crippen LogP contribution in [0.25, 0.3) is 0 Å². The van der Waals surface area contributed by atoms with Crippen LogP contribution in [0.15, 0.2) is 0 Å². The van der Waals surface area contributed by atoms with Gasteiger partial charge < -0.3 is 9.16 Å². The Labute approximate surface area is 107 Å². The molecule has 2 atom stereocenters. The molecule has 0 unspecified atom stereocenters. The molecule has 0 rings (SSSR count). The summed E-state index contributed by atoms with van der Waals surface area (Å²) in [5.74, 6) is -0.329. The molecule has 17 heavy (non-hydrogen) atoms. The van der Waals surface area contributed by atoms with Crippen LogP contribution in [-0.2, 0) is 14.0 Å². The fourth-order valence-electron chi connectivity index (χ4n) is 2.20. The van der Waals surface area contributed by atoms with E-state index < -0.39 is 8.32 Å². The maximum Gasteiger partial charge on any atom is 0.310 e. The molecule has 0 aliphatic rings. The molecule has 0 N–H and O–H groups in total. The number of ether oxygens (including phenoxy) is 1. The molecule has 0 aliphatic carbocycles. The maximum absolute atomic E-state index is 11.6. The highest BCUT2D eigenvalue weighted by Crippen LogP contribution is 2.27. The van der Waals surface area contributed by atoms with Crippen molar-refractivity contribution in [3.8, 4) is 0 Å². The van der Waals surface area contributed by atoms with Crippen LogP contribution in [-0.4, -0.2) is 27.5 Å². The monoisotopic (exact) mass is 260 g/mol. The van der Waals surface area contributed by atoms with E-state index in [4.69, 9.17) is 9.16 Å². The zero-order valence-electron chi connectivity index (χ0n) is 12.2. The normalized spacial score (nSPS) is 15.4. The van der Waals surface area contributed by atoms with Crippen LogP contribution in [0, 0.1) is 5.92 Å². The molecule has 102 valence electrons. The van der Waals surface area contributed by atoms with Crippen molar-refractivity contribution in [2.75, 3.05) is 7.11 Å². The van der Waals surface area contributed by atoms with E-state index in [9.17, 15) is 4.79 Å². The summed E-state index contributed by atoms with van der Waals surface area (Å²) in [4.78, 5) is 11.6. The van der Waals surface area contributed by atoms with Gasteiger partial charge in [0.25, 0.3) is 0 Å². The molecule has 4 heteroatoms. The summed E-state index contributed by atoms with van der Waals surface area (Å²) in [5, 5.41) is 0. The van der Waals surface area contributed by atoms with E-state index in [0.717, 1.165) is 24.6 Å². The molecule has 0 heterocycles. The minimum absolute atomic E-state index is 0.00830. The van der Waals surface area contributed by atoms with Gasteiger partial charge in [-0.1, -0.05) is 27.7 Å². The zero-order valence-corrected chi connectivity index (χ0v) is 13.2. The Kier molecular flexibility index (Phi) is 7.71. The third-order valence-corrected chi connectivity index (χ3v) is 8.54. The molecule has 0 aromatic carbocycles. The molecule has 0 bridgehead atoms. The average Bonchev–Trinajstić information content (AvgIpc) is 2.39. The first-order chi connectivity index (χ1) is 8.00. The Morgan fingerprint density at radius 1 is 1.12 bits per heavy atom. The van der Waals surface area contributed by atoms with Crippen LogP contribution in [0.4, 0.5) is 0 Å². The number of esters is 1. The quantitative estimate of drug-likeness (QED) is 0.494. The Bertz CT molecular complexity index is 218. The van der Waals surface area contributed by atoms with Gasteiger partial charge in [0.05, 0.1) is 19.1 Å². The fourth-order valence-corrected chi connectivity index (χ4v) is 5.21. The predicted octanol–water partition coefficient (Wildman–Crippen LogP) is 3.60. The van der Waals surface area contributed by atoms with Gasteiger partial charge in [0.2, 0.25) is 0 Å². The van der Waals surface area contributed by atoms with Crippen molar-refractivity contribution in [3.63, 3.8) is 0 Å². The van der Waals surface area contributed by atoms with Crippen molar-refractivity contribution in [1.29, 1.82) is 0 Å². The fraction of sp³-hybridized carbons (Fsp3) is 0.923. The number of carbonyl (C=O) groups excluding carboxylic acids is 1. The molecule has 0 aromatic heterocycles. The van der Waals surface area contributed by atoms with E-state index in [1.54, 1.807) is 0 Å². The molecule has 0 radical (unpaired) electrons. The van der Waals surface area contributed by atoms with Gasteiger partial charge in [-0.05, 0) is 31.5 Å². The Morgan fingerprint density at radius 3 is 1.88 bits per heavy atom. The lowest BCUT2D eigenvalue weighted by Crippen LogP contribution is -2.43. The van der Waals surface area contributed by atoms with Crippen LogP contribution >= 0.6 is 0 Å². The van der Waals surface area contributed by atoms with E-state index in [1.807, 2.05) is 6.92 Å². The Morgan fingerprint density at radius 2 is 1.59 bits per heavy atom. The second-order valence-electron chi connectivity index (χ2n) is 4.62. The van der Waals surface area contributed by atoms with Gasteiger partial charge >= 0.3 is 5.97 Å². The molecule has 3 nitrogen and oxygen atoms in total. The summed E-state index contributed by atoms with van der Waals surface area (Å²) in [6, 6.07) is 3.35. The van der Waals surface area contributed by atoms with Crippen LogP contribution in [0.2, 0.25) is 18.1 Å². The summed E-state index contributed by atoms with van der Waals surface area (Å²) >= 11 is 0. The van der Waals surface area contributed by atoms with E-state index >= 15 is 0 Å². The maximum atomic E-state index is 11.6. The first-order valence-electron chi connectivity index (χ1n) is 6.75. The molecule has 0 saturated heterocycles. The minimum atomic E-state index is -1.63. The van der Waals surface area contributed by atoms with Gasteiger partial charge in [0.15, 0.2) is 8.32 Å². The standard InChI is InChI=1S/C13H28O3Si/c1-7-12(11(5)13(14)15-6)16-17(8-2,9-3)10-4/h11-12H,7-10H2,1-6H3/t11-,12-/m1/s1. The van der Waals surface area contributed by atoms with Crippen molar-refractivity contribution >= 4 is 14.3 Å². The van der Waals surface area contributed by atoms with Crippen molar-refractivity contribution in [3.05, 3.63) is 0 Å². The average molecular weight is 260 g/mol. The van der Waals surface area contributed by atoms with E-state index in [0.29, 0.717) is 0 Å². The molecule has 0 saturated carbocycles. The van der Waals surface area contributed by atoms with Crippen molar-refractivity contribution in [2.24, 2.45) is 5.92 Å². The second kappa shape index (κ2) is 7.87. The largest absolute Gasteiger partial charge is 0.469 e. The van der Waals surface area contributed by atoms with Gasteiger partial charge in [-0.15, -0.1) is 0 Å². The third kappa shape index (κ3) is 4.43. The topological polar surface area (TPSA) is 35.5 Å². The molecular formula is C13H28O3Si. The first kappa shape index (κ1) is 16.6. The number of methoxy groups -OCH3 is 1. The van der Waals surface area contributed by atoms with E-state index in [-0.39, 0.29) is 18.0 Å². The lowest BCUT2D eigenvalue weighted by molar-refractivity contribution is -0.148. The number of carbonyl (C=O) groups is 1. The van der Waals surface area contributed by atoms with Gasteiger partial charge in [-0.2, -0.15) is 0 Å². The third-order valence-electron chi connectivity index (χ3n) is 3.87. The highest BCUT2D eigenvalue weighted by Gasteiger charge is 2.35. The highest BCUT2D eigenvalue weighted by molar-refractivity contribution is 6.73. The molecule has 0 amide bonds. The van der Waals surface area contributed by atoms with Crippen LogP contribution in [0.3, 0.4) is 0 Å². The summed E-state index contributed by atoms with van der Waals surface area (Å²) in [5.41, 5.74) is 0. The van der Waals surface area contributed by atoms with Crippen molar-refractivity contribution in [2.45, 2.75) is 65.3 Å². The summed E-state index contributed by atoms with van der Waals surface area (Å²) in [6.07, 6.45) is 0.874. The summed E-state index contributed by atoms with van der Waals surface area (Å²) in [6.45, 7) is 10.6. The van der Waals surface area contributed by atoms with Crippen molar-refractivity contribution in [1.82, 2.24) is 0 Å². The molecule has 0 spiro atoms. The summed E-state index contributed by atoms with van der Waals surface area (Å²) in [7, 11) is -0.190. The van der Waals surface area contributed by atoms with Crippen LogP contribution in [0.5, 0.6) is 0 Å². The zero-order chi connectivity index (χ0) is 13.5. The van der Waals surface area contributed by atoms with Crippen LogP contribution < -0.4 is 0 Å². The Hall–Kier alpha value is -0.353. The van der Waals surface area contributed by atoms with Gasteiger partial charge in [0.1, 0.15) is 0 Å². The molecule has 0 fully saturated rings. The lowest BCUT2D eigenvalue weighted by atomic mass is 10.0. The summed E-state index contributed by atoms with van der Waals surface area (Å²) < 4.78 is 11.2. The minimum Gasteiger partial charge on any atom is -0.469 e. The lowest BCUT2D eigenvalue weighted by Gasteiger charge is -2.34. The number of hydrogen-bond acceptors (Lipinski definition) is 3. The van der Waals surface area contributed by atoms with Gasteiger partial charge in [-0.3, -0.25) is 4.79 Å². The second-order valence-corrected chi connectivity index (χ2v) is 9.34. The first-order valence-corrected chi connectivity index (χ1v) is 9.28. The number of hydrogen-bond donors (Lipinski definition) is 0. The van der Waals surface area contributed by atoms with E-state index in [1.165, 1.54) is 7.11 Å². The van der Waals surface area contributed by atoms with Gasteiger partial charge in [0, 0.05) is 0 Å². The molecule has 0 aromatic rings. The SMILES string of the molecule is CC[C@@H](O[Si](CC)(CC)CC)[C@@H](C)C(=O)OC. The van der Waals surface area contributed by atoms with E-state index in [2.05, 4.69) is 27.7 Å².